The first kappa shape index (κ1) is 27.7. The predicted octanol–water partition coefficient (Wildman–Crippen LogP) is 5.72. The summed E-state index contributed by atoms with van der Waals surface area (Å²) >= 11 is 5.74. The number of amides is 1. The second kappa shape index (κ2) is 11.0. The smallest absolute Gasteiger partial charge is 0.436 e. The first-order valence-electron chi connectivity index (χ1n) is 11.2. The number of hydrogen-bond donors (Lipinski definition) is 1. The molecular formula is C23H26ClF5N4O3. The molecule has 0 bridgehead atoms. The number of carbonyl (C=O) groups excluding carboxylic acids is 2. The van der Waals surface area contributed by atoms with E-state index in [1.54, 1.807) is 6.07 Å². The highest BCUT2D eigenvalue weighted by Gasteiger charge is 2.40. The Balaban J connectivity index is 1.96. The van der Waals surface area contributed by atoms with Gasteiger partial charge in [-0.1, -0.05) is 18.5 Å². The van der Waals surface area contributed by atoms with Crippen LogP contribution in [0.4, 0.5) is 33.3 Å². The molecule has 1 aliphatic rings. The van der Waals surface area contributed by atoms with Crippen molar-refractivity contribution in [2.45, 2.75) is 51.8 Å². The largest absolute Gasteiger partial charge is 0.465 e. The van der Waals surface area contributed by atoms with E-state index in [4.69, 9.17) is 16.3 Å². The first-order chi connectivity index (χ1) is 16.8. The van der Waals surface area contributed by atoms with E-state index in [1.165, 1.54) is 12.1 Å². The summed E-state index contributed by atoms with van der Waals surface area (Å²) in [6.07, 6.45) is -7.07. The monoisotopic (exact) mass is 536 g/mol. The quantitative estimate of drug-likeness (QED) is 0.362. The van der Waals surface area contributed by atoms with Gasteiger partial charge in [0.1, 0.15) is 6.04 Å². The number of aromatic nitrogens is 2. The summed E-state index contributed by atoms with van der Waals surface area (Å²) in [7, 11) is 1.15. The van der Waals surface area contributed by atoms with Crippen molar-refractivity contribution in [2.75, 3.05) is 30.4 Å². The van der Waals surface area contributed by atoms with Crippen molar-refractivity contribution < 1.29 is 36.3 Å². The van der Waals surface area contributed by atoms with Crippen LogP contribution in [0.15, 0.2) is 18.2 Å². The fourth-order valence-corrected chi connectivity index (χ4v) is 4.46. The lowest BCUT2D eigenvalue weighted by Gasteiger charge is -2.33. The first-order valence-corrected chi connectivity index (χ1v) is 11.6. The van der Waals surface area contributed by atoms with Crippen LogP contribution in [0.3, 0.4) is 0 Å². The molecule has 7 nitrogen and oxygen atoms in total. The van der Waals surface area contributed by atoms with Crippen LogP contribution in [0.2, 0.25) is 5.02 Å². The topological polar surface area (TPSA) is 76.5 Å². The minimum absolute atomic E-state index is 0.0245. The van der Waals surface area contributed by atoms with Gasteiger partial charge in [-0.2, -0.15) is 18.3 Å². The zero-order valence-corrected chi connectivity index (χ0v) is 20.6. The average molecular weight is 537 g/mol. The Kier molecular flexibility index (Phi) is 8.48. The number of methoxy groups -OCH3 is 1. The number of nitrogens with one attached hydrogen (secondary N) is 1. The van der Waals surface area contributed by atoms with Crippen LogP contribution in [0.1, 0.15) is 54.0 Å². The summed E-state index contributed by atoms with van der Waals surface area (Å²) in [6.45, 7) is 4.79. The molecule has 2 heterocycles. The fourth-order valence-electron chi connectivity index (χ4n) is 4.23. The number of esters is 1. The molecule has 1 aromatic heterocycles. The summed E-state index contributed by atoms with van der Waals surface area (Å²) in [5.74, 6) is -1.42. The van der Waals surface area contributed by atoms with Crippen LogP contribution in [-0.4, -0.2) is 48.3 Å². The van der Waals surface area contributed by atoms with Crippen LogP contribution in [-0.2, 0) is 15.7 Å². The molecular weight excluding hydrogens is 511 g/mol. The van der Waals surface area contributed by atoms with Gasteiger partial charge >= 0.3 is 12.1 Å². The molecule has 0 unspecified atom stereocenters. The lowest BCUT2D eigenvalue weighted by Crippen LogP contribution is -2.34. The van der Waals surface area contributed by atoms with Gasteiger partial charge < -0.3 is 15.0 Å². The van der Waals surface area contributed by atoms with E-state index in [0.717, 1.165) is 40.0 Å². The Bertz CT molecular complexity index is 1120. The highest BCUT2D eigenvalue weighted by molar-refractivity contribution is 6.32. The minimum atomic E-state index is -4.95. The van der Waals surface area contributed by atoms with Gasteiger partial charge in [-0.3, -0.25) is 9.48 Å². The van der Waals surface area contributed by atoms with Gasteiger partial charge in [-0.25, -0.2) is 13.6 Å². The summed E-state index contributed by atoms with van der Waals surface area (Å²) < 4.78 is 71.8. The highest BCUT2D eigenvalue weighted by Crippen LogP contribution is 2.37. The number of halogens is 6. The predicted molar refractivity (Wildman–Crippen MR) is 124 cm³/mol. The van der Waals surface area contributed by atoms with Crippen molar-refractivity contribution in [3.63, 3.8) is 0 Å². The molecule has 2 atom stereocenters. The minimum Gasteiger partial charge on any atom is -0.465 e. The van der Waals surface area contributed by atoms with Gasteiger partial charge in [-0.05, 0) is 43.9 Å². The van der Waals surface area contributed by atoms with Gasteiger partial charge in [0.25, 0.3) is 0 Å². The highest BCUT2D eigenvalue weighted by atomic mass is 35.5. The third-order valence-corrected chi connectivity index (χ3v) is 6.49. The van der Waals surface area contributed by atoms with Crippen molar-refractivity contribution >= 4 is 34.9 Å². The van der Waals surface area contributed by atoms with E-state index in [0.29, 0.717) is 16.3 Å². The SMILES string of the molecule is COC(=O)c1cc(N2CCC[C@@H](C)C2)ccc1NC(=O)[C@H](CC(F)F)n1nc(C(F)(F)F)c(Cl)c1C. The Hall–Kier alpha value is -2.89. The number of anilines is 2. The second-order valence-corrected chi connectivity index (χ2v) is 9.12. The standard InChI is InChI=1S/C23H26ClF5N4O3/c1-12-5-4-8-32(11-12)14-6-7-16(15(9-14)22(35)36-3)30-21(34)17(10-18(25)26)33-13(2)19(24)20(31-33)23(27,28)29/h6-7,9,12,17-18H,4-5,8,10-11H2,1-3H3,(H,30,34)/t12-,17+/m1/s1. The van der Waals surface area contributed by atoms with E-state index >= 15 is 0 Å². The maximum atomic E-state index is 13.3. The number of piperidine rings is 1. The second-order valence-electron chi connectivity index (χ2n) is 8.74. The molecule has 2 aromatic rings. The lowest BCUT2D eigenvalue weighted by atomic mass is 9.99. The average Bonchev–Trinajstić information content (AvgIpc) is 3.11. The number of nitrogens with zero attached hydrogens (tertiary/aromatic N) is 3. The van der Waals surface area contributed by atoms with E-state index in [-0.39, 0.29) is 16.9 Å². The lowest BCUT2D eigenvalue weighted by molar-refractivity contribution is -0.141. The summed E-state index contributed by atoms with van der Waals surface area (Å²) in [4.78, 5) is 27.6. The summed E-state index contributed by atoms with van der Waals surface area (Å²) in [5, 5.41) is 4.92. The number of rotatable bonds is 7. The molecule has 1 aliphatic heterocycles. The normalized spacial score (nSPS) is 17.3. The van der Waals surface area contributed by atoms with Gasteiger partial charge in [0.15, 0.2) is 5.69 Å². The molecule has 0 aliphatic carbocycles. The molecule has 1 saturated heterocycles. The molecule has 1 fully saturated rings. The van der Waals surface area contributed by atoms with Gasteiger partial charge in [0, 0.05) is 25.2 Å². The molecule has 13 heteroatoms. The molecule has 1 amide bonds. The van der Waals surface area contributed by atoms with Crippen molar-refractivity contribution in [3.8, 4) is 0 Å². The number of carbonyl (C=O) groups is 2. The van der Waals surface area contributed by atoms with Gasteiger partial charge in [-0.15, -0.1) is 0 Å². The molecule has 0 radical (unpaired) electrons. The van der Waals surface area contributed by atoms with E-state index in [9.17, 15) is 31.5 Å². The molecule has 0 saturated carbocycles. The molecule has 36 heavy (non-hydrogen) atoms. The van der Waals surface area contributed by atoms with Gasteiger partial charge in [0.05, 0.1) is 29.1 Å². The Morgan fingerprint density at radius 1 is 1.31 bits per heavy atom. The number of hydrogen-bond acceptors (Lipinski definition) is 5. The van der Waals surface area contributed by atoms with E-state index in [2.05, 4.69) is 22.2 Å². The summed E-state index contributed by atoms with van der Waals surface area (Å²) in [6, 6.07) is 2.80. The number of benzene rings is 1. The Labute approximate surface area is 209 Å². The molecule has 1 N–H and O–H groups in total. The third-order valence-electron chi connectivity index (χ3n) is 6.03. The van der Waals surface area contributed by atoms with Crippen molar-refractivity contribution in [2.24, 2.45) is 5.92 Å². The number of ether oxygens (including phenoxy) is 1. The zero-order valence-electron chi connectivity index (χ0n) is 19.8. The van der Waals surface area contributed by atoms with Crippen LogP contribution >= 0.6 is 11.6 Å². The zero-order chi connectivity index (χ0) is 26.8. The fraction of sp³-hybridized carbons (Fsp3) is 0.522. The Morgan fingerprint density at radius 2 is 2.00 bits per heavy atom. The van der Waals surface area contributed by atoms with Crippen LogP contribution < -0.4 is 10.2 Å². The maximum Gasteiger partial charge on any atom is 0.436 e. The maximum absolute atomic E-state index is 13.3. The summed E-state index contributed by atoms with van der Waals surface area (Å²) in [5.41, 5.74) is -1.12. The van der Waals surface area contributed by atoms with Crippen molar-refractivity contribution in [1.29, 1.82) is 0 Å². The van der Waals surface area contributed by atoms with E-state index < -0.39 is 47.7 Å². The van der Waals surface area contributed by atoms with Crippen molar-refractivity contribution in [1.82, 2.24) is 9.78 Å². The molecule has 3 rings (SSSR count). The van der Waals surface area contributed by atoms with Crippen LogP contribution in [0.5, 0.6) is 0 Å². The van der Waals surface area contributed by atoms with E-state index in [1.807, 2.05) is 0 Å². The van der Waals surface area contributed by atoms with Crippen LogP contribution in [0.25, 0.3) is 0 Å². The molecule has 1 aromatic carbocycles. The van der Waals surface area contributed by atoms with Crippen LogP contribution in [0, 0.1) is 12.8 Å². The molecule has 198 valence electrons. The Morgan fingerprint density at radius 3 is 2.56 bits per heavy atom. The number of alkyl halides is 5. The van der Waals surface area contributed by atoms with Crippen molar-refractivity contribution in [3.05, 3.63) is 40.2 Å². The third kappa shape index (κ3) is 6.08. The molecule has 0 spiro atoms. The van der Waals surface area contributed by atoms with Gasteiger partial charge in [0.2, 0.25) is 12.3 Å².